The lowest BCUT2D eigenvalue weighted by Gasteiger charge is -2.09. The first kappa shape index (κ1) is 13.5. The number of ether oxygens (including phenoxy) is 1. The molecule has 0 amide bonds. The van der Waals surface area contributed by atoms with Crippen LogP contribution in [0.1, 0.15) is 5.69 Å². The summed E-state index contributed by atoms with van der Waals surface area (Å²) in [5, 5.41) is 3.08. The fourth-order valence-electron chi connectivity index (χ4n) is 1.72. The Balaban J connectivity index is 2.29. The molecule has 1 heterocycles. The van der Waals surface area contributed by atoms with Crippen LogP contribution in [-0.2, 0) is 4.74 Å². The molecular formula is C13H15F2N3O. The third-order valence-electron chi connectivity index (χ3n) is 2.60. The Kier molecular flexibility index (Phi) is 4.11. The highest BCUT2D eigenvalue weighted by Gasteiger charge is 2.09. The number of nitrogens with zero attached hydrogens (tertiary/aromatic N) is 2. The van der Waals surface area contributed by atoms with Gasteiger partial charge in [0.15, 0.2) is 11.6 Å². The first-order valence-electron chi connectivity index (χ1n) is 5.86. The summed E-state index contributed by atoms with van der Waals surface area (Å²) >= 11 is 0. The van der Waals surface area contributed by atoms with E-state index in [-0.39, 0.29) is 0 Å². The minimum absolute atomic E-state index is 0.513. The normalized spacial score (nSPS) is 10.7. The molecule has 2 aromatic rings. The van der Waals surface area contributed by atoms with Crippen molar-refractivity contribution < 1.29 is 13.5 Å². The molecule has 19 heavy (non-hydrogen) atoms. The smallest absolute Gasteiger partial charge is 0.207 e. The first-order valence-corrected chi connectivity index (χ1v) is 5.86. The summed E-state index contributed by atoms with van der Waals surface area (Å²) in [6.45, 7) is 2.94. The molecule has 0 aliphatic heterocycles. The van der Waals surface area contributed by atoms with Gasteiger partial charge in [-0.05, 0) is 19.1 Å². The predicted octanol–water partition coefficient (Wildman–Crippen LogP) is 2.52. The van der Waals surface area contributed by atoms with Crippen molar-refractivity contribution in [3.63, 3.8) is 0 Å². The summed E-state index contributed by atoms with van der Waals surface area (Å²) in [6.07, 6.45) is 1.75. The summed E-state index contributed by atoms with van der Waals surface area (Å²) < 4.78 is 32.8. The van der Waals surface area contributed by atoms with Crippen molar-refractivity contribution in [1.82, 2.24) is 9.55 Å². The zero-order chi connectivity index (χ0) is 13.8. The quantitative estimate of drug-likeness (QED) is 0.846. The summed E-state index contributed by atoms with van der Waals surface area (Å²) in [6, 6.07) is 3.73. The number of aryl methyl sites for hydroxylation is 1. The highest BCUT2D eigenvalue weighted by Crippen LogP contribution is 2.18. The van der Waals surface area contributed by atoms with Gasteiger partial charge in [0, 0.05) is 25.9 Å². The van der Waals surface area contributed by atoms with E-state index >= 15 is 0 Å². The number of hydrogen-bond acceptors (Lipinski definition) is 3. The average molecular weight is 267 g/mol. The molecule has 102 valence electrons. The van der Waals surface area contributed by atoms with Gasteiger partial charge in [-0.15, -0.1) is 0 Å². The molecule has 0 atom stereocenters. The molecule has 0 aliphatic rings. The zero-order valence-corrected chi connectivity index (χ0v) is 10.8. The second-order valence-corrected chi connectivity index (χ2v) is 4.09. The van der Waals surface area contributed by atoms with Crippen LogP contribution in [0.2, 0.25) is 0 Å². The van der Waals surface area contributed by atoms with Gasteiger partial charge in [-0.3, -0.25) is 4.57 Å². The Hall–Kier alpha value is -1.95. The molecule has 0 bridgehead atoms. The highest BCUT2D eigenvalue weighted by molar-refractivity contribution is 5.43. The van der Waals surface area contributed by atoms with E-state index in [1.54, 1.807) is 17.9 Å². The number of nitrogens with one attached hydrogen (secondary N) is 1. The van der Waals surface area contributed by atoms with E-state index in [0.717, 1.165) is 17.8 Å². The molecule has 1 aromatic heterocycles. The van der Waals surface area contributed by atoms with Crippen LogP contribution in [-0.4, -0.2) is 29.8 Å². The van der Waals surface area contributed by atoms with E-state index in [9.17, 15) is 8.78 Å². The standard InChI is InChI=1S/C13H15F2N3O/c1-9-8-18(13(17-9)16-5-6-19-2)10-3-4-11(14)12(15)7-10/h3-4,7-8H,5-6H2,1-2H3,(H,16,17). The van der Waals surface area contributed by atoms with Gasteiger partial charge in [0.25, 0.3) is 0 Å². The number of halogens is 2. The molecule has 0 saturated carbocycles. The van der Waals surface area contributed by atoms with Crippen molar-refractivity contribution in [1.29, 1.82) is 0 Å². The molecule has 0 radical (unpaired) electrons. The van der Waals surface area contributed by atoms with Crippen molar-refractivity contribution in [2.45, 2.75) is 6.92 Å². The van der Waals surface area contributed by atoms with Crippen molar-refractivity contribution in [2.24, 2.45) is 0 Å². The molecule has 0 saturated heterocycles. The van der Waals surface area contributed by atoms with Crippen LogP contribution in [0.4, 0.5) is 14.7 Å². The van der Waals surface area contributed by atoms with Crippen LogP contribution >= 0.6 is 0 Å². The van der Waals surface area contributed by atoms with Gasteiger partial charge < -0.3 is 10.1 Å². The Morgan fingerprint density at radius 3 is 2.79 bits per heavy atom. The minimum Gasteiger partial charge on any atom is -0.383 e. The third kappa shape index (κ3) is 3.08. The lowest BCUT2D eigenvalue weighted by Crippen LogP contribution is -2.11. The van der Waals surface area contributed by atoms with Gasteiger partial charge >= 0.3 is 0 Å². The molecule has 0 spiro atoms. The fourth-order valence-corrected chi connectivity index (χ4v) is 1.72. The zero-order valence-electron chi connectivity index (χ0n) is 10.8. The molecule has 0 fully saturated rings. The summed E-state index contributed by atoms with van der Waals surface area (Å²) in [5.74, 6) is -1.18. The number of rotatable bonds is 5. The van der Waals surface area contributed by atoms with Crippen LogP contribution in [0, 0.1) is 18.6 Å². The Bertz CT molecular complexity index is 569. The van der Waals surface area contributed by atoms with Gasteiger partial charge in [-0.1, -0.05) is 0 Å². The molecule has 0 unspecified atom stereocenters. The van der Waals surface area contributed by atoms with Gasteiger partial charge in [0.2, 0.25) is 5.95 Å². The van der Waals surface area contributed by atoms with E-state index in [0.29, 0.717) is 24.8 Å². The number of hydrogen-bond donors (Lipinski definition) is 1. The van der Waals surface area contributed by atoms with Crippen LogP contribution in [0.5, 0.6) is 0 Å². The highest BCUT2D eigenvalue weighted by atomic mass is 19.2. The molecule has 6 heteroatoms. The number of aromatic nitrogens is 2. The van der Waals surface area contributed by atoms with Gasteiger partial charge in [0.05, 0.1) is 18.0 Å². The second kappa shape index (κ2) is 5.79. The van der Waals surface area contributed by atoms with E-state index in [2.05, 4.69) is 10.3 Å². The first-order chi connectivity index (χ1) is 9.11. The van der Waals surface area contributed by atoms with Crippen LogP contribution in [0.25, 0.3) is 5.69 Å². The SMILES string of the molecule is COCCNc1nc(C)cn1-c1ccc(F)c(F)c1. The molecule has 4 nitrogen and oxygen atoms in total. The van der Waals surface area contributed by atoms with E-state index in [4.69, 9.17) is 4.74 Å². The predicted molar refractivity (Wildman–Crippen MR) is 68.6 cm³/mol. The van der Waals surface area contributed by atoms with E-state index in [1.165, 1.54) is 6.07 Å². The van der Waals surface area contributed by atoms with Gasteiger partial charge in [-0.25, -0.2) is 13.8 Å². The van der Waals surface area contributed by atoms with E-state index < -0.39 is 11.6 Å². The van der Waals surface area contributed by atoms with Crippen LogP contribution in [0.3, 0.4) is 0 Å². The van der Waals surface area contributed by atoms with Crippen molar-refractivity contribution in [3.05, 3.63) is 41.7 Å². The van der Waals surface area contributed by atoms with E-state index in [1.807, 2.05) is 6.92 Å². The molecular weight excluding hydrogens is 252 g/mol. The summed E-state index contributed by atoms with van der Waals surface area (Å²) in [7, 11) is 1.61. The minimum atomic E-state index is -0.883. The largest absolute Gasteiger partial charge is 0.383 e. The maximum atomic E-state index is 13.3. The topological polar surface area (TPSA) is 39.1 Å². The van der Waals surface area contributed by atoms with Crippen molar-refractivity contribution in [2.75, 3.05) is 25.6 Å². The Labute approximate surface area is 110 Å². The summed E-state index contributed by atoms with van der Waals surface area (Å²) in [4.78, 5) is 4.29. The molecule has 1 N–H and O–H groups in total. The van der Waals surface area contributed by atoms with Crippen molar-refractivity contribution in [3.8, 4) is 5.69 Å². The lowest BCUT2D eigenvalue weighted by molar-refractivity contribution is 0.210. The van der Waals surface area contributed by atoms with Crippen molar-refractivity contribution >= 4 is 5.95 Å². The second-order valence-electron chi connectivity index (χ2n) is 4.09. The Morgan fingerprint density at radius 1 is 1.32 bits per heavy atom. The Morgan fingerprint density at radius 2 is 2.11 bits per heavy atom. The summed E-state index contributed by atoms with van der Waals surface area (Å²) in [5.41, 5.74) is 1.30. The number of benzene rings is 1. The number of anilines is 1. The molecule has 2 rings (SSSR count). The number of imidazole rings is 1. The third-order valence-corrected chi connectivity index (χ3v) is 2.60. The van der Waals surface area contributed by atoms with Crippen LogP contribution in [0.15, 0.2) is 24.4 Å². The molecule has 0 aliphatic carbocycles. The van der Waals surface area contributed by atoms with Gasteiger partial charge in [0.1, 0.15) is 0 Å². The average Bonchev–Trinajstić information content (AvgIpc) is 2.74. The van der Waals surface area contributed by atoms with Gasteiger partial charge in [-0.2, -0.15) is 0 Å². The number of methoxy groups -OCH3 is 1. The fraction of sp³-hybridized carbons (Fsp3) is 0.308. The monoisotopic (exact) mass is 267 g/mol. The van der Waals surface area contributed by atoms with Crippen LogP contribution < -0.4 is 5.32 Å². The lowest BCUT2D eigenvalue weighted by atomic mass is 10.3. The maximum Gasteiger partial charge on any atom is 0.207 e. The molecule has 1 aromatic carbocycles. The maximum absolute atomic E-state index is 13.3.